The van der Waals surface area contributed by atoms with E-state index in [0.29, 0.717) is 0 Å². The maximum Gasteiger partial charge on any atom is 0.277 e. The second-order valence-electron chi connectivity index (χ2n) is 2.38. The number of rotatable bonds is 4. The van der Waals surface area contributed by atoms with Gasteiger partial charge < -0.3 is 14.7 Å². The summed E-state index contributed by atoms with van der Waals surface area (Å²) in [5, 5.41) is 0. The van der Waals surface area contributed by atoms with Gasteiger partial charge in [0.15, 0.2) is 0 Å². The Morgan fingerprint density at radius 3 is 1.50 bits per heavy atom. The summed E-state index contributed by atoms with van der Waals surface area (Å²) in [4.78, 5) is 26.9. The molecular formula is C6H17O3PSZn. The Morgan fingerprint density at radius 1 is 1.00 bits per heavy atom. The smallest absolute Gasteiger partial charge is 0.277 e. The van der Waals surface area contributed by atoms with E-state index in [1.807, 2.05) is 13.8 Å². The van der Waals surface area contributed by atoms with Crippen molar-refractivity contribution in [3.63, 3.8) is 0 Å². The van der Waals surface area contributed by atoms with E-state index in [-0.39, 0.29) is 19.5 Å². The van der Waals surface area contributed by atoms with Gasteiger partial charge in [-0.15, -0.1) is 10.1 Å². The van der Waals surface area contributed by atoms with E-state index in [1.54, 1.807) is 0 Å². The van der Waals surface area contributed by atoms with Gasteiger partial charge >= 0.3 is 0 Å². The second-order valence-corrected chi connectivity index (χ2v) is 8.17. The van der Waals surface area contributed by atoms with Crippen LogP contribution >= 0.6 is 6.72 Å². The van der Waals surface area contributed by atoms with E-state index < -0.39 is 16.8 Å². The Bertz CT molecular complexity index is 152. The molecule has 6 heteroatoms. The third-order valence-electron chi connectivity index (χ3n) is 1.23. The molecule has 0 aliphatic heterocycles. The van der Waals surface area contributed by atoms with Gasteiger partial charge in [0.25, 0.3) is 6.72 Å². The molecule has 3 N–H and O–H groups in total. The Balaban J connectivity index is 0. The van der Waals surface area contributed by atoms with Crippen molar-refractivity contribution in [2.24, 2.45) is 0 Å². The fraction of sp³-hybridized carbons (Fsp3) is 1.00. The van der Waals surface area contributed by atoms with Crippen LogP contribution in [0.3, 0.4) is 0 Å². The summed E-state index contributed by atoms with van der Waals surface area (Å²) in [6.07, 6.45) is 1.79. The zero-order chi connectivity index (χ0) is 8.91. The van der Waals surface area contributed by atoms with E-state index >= 15 is 0 Å². The van der Waals surface area contributed by atoms with Gasteiger partial charge in [-0.2, -0.15) is 0 Å². The fourth-order valence-electron chi connectivity index (χ4n) is 0.818. The first-order valence-electron chi connectivity index (χ1n) is 3.77. The van der Waals surface area contributed by atoms with Gasteiger partial charge in [-0.3, -0.25) is 0 Å². The third-order valence-corrected chi connectivity index (χ3v) is 6.85. The molecule has 12 heavy (non-hydrogen) atoms. The predicted molar refractivity (Wildman–Crippen MR) is 51.3 cm³/mol. The molecule has 0 aliphatic rings. The minimum atomic E-state index is -3.53. The van der Waals surface area contributed by atoms with E-state index in [2.05, 4.69) is 0 Å². The van der Waals surface area contributed by atoms with Crippen LogP contribution in [0.2, 0.25) is 0 Å². The molecule has 0 saturated heterocycles. The molecule has 0 fully saturated rings. The Labute approximate surface area is 89.1 Å². The molecule has 0 bridgehead atoms. The largest absolute Gasteiger partial charge is 0.329 e. The SMILES string of the molecule is CCCS(CCC)=P(O)(O)O.[Zn]. The first-order chi connectivity index (χ1) is 5.02. The minimum Gasteiger partial charge on any atom is -0.329 e. The van der Waals surface area contributed by atoms with Gasteiger partial charge in [0.05, 0.1) is 0 Å². The first-order valence-corrected chi connectivity index (χ1v) is 7.59. The quantitative estimate of drug-likeness (QED) is 0.526. The predicted octanol–water partition coefficient (Wildman–Crippen LogP) is 1.08. The maximum atomic E-state index is 8.97. The normalized spacial score (nSPS) is 11.5. The molecule has 0 heterocycles. The molecule has 0 aromatic carbocycles. The van der Waals surface area contributed by atoms with Crippen molar-refractivity contribution in [1.29, 1.82) is 0 Å². The van der Waals surface area contributed by atoms with Crippen molar-refractivity contribution in [3.05, 3.63) is 0 Å². The van der Waals surface area contributed by atoms with Crippen LogP contribution in [0.15, 0.2) is 0 Å². The topological polar surface area (TPSA) is 60.7 Å². The standard InChI is InChI=1S/C6H17O3PS.Zn/c1-3-5-11(6-4-2)10(7,8)9;/h7-9H,3-6H2,1-2H3;. The monoisotopic (exact) mass is 264 g/mol. The molecule has 0 saturated carbocycles. The van der Waals surface area contributed by atoms with Crippen molar-refractivity contribution in [1.82, 2.24) is 0 Å². The molecule has 0 aromatic heterocycles. The van der Waals surface area contributed by atoms with Crippen molar-refractivity contribution >= 4 is 16.8 Å². The Morgan fingerprint density at radius 2 is 1.33 bits per heavy atom. The molecule has 0 atom stereocenters. The molecule has 3 nitrogen and oxygen atoms in total. The van der Waals surface area contributed by atoms with Crippen molar-refractivity contribution < 1.29 is 34.2 Å². The summed E-state index contributed by atoms with van der Waals surface area (Å²) >= 11 is 0. The molecule has 0 aliphatic carbocycles. The Hall–Kier alpha value is 1.28. The summed E-state index contributed by atoms with van der Waals surface area (Å²) in [5.41, 5.74) is 0. The van der Waals surface area contributed by atoms with Gasteiger partial charge in [0.2, 0.25) is 0 Å². The van der Waals surface area contributed by atoms with Gasteiger partial charge in [-0.1, -0.05) is 13.8 Å². The minimum absolute atomic E-state index is 0. The number of hydrogen-bond acceptors (Lipinski definition) is 0. The van der Waals surface area contributed by atoms with E-state index in [9.17, 15) is 0 Å². The third kappa shape index (κ3) is 6.76. The van der Waals surface area contributed by atoms with Crippen molar-refractivity contribution in [2.45, 2.75) is 26.7 Å². The molecule has 0 aromatic rings. The summed E-state index contributed by atoms with van der Waals surface area (Å²) in [7, 11) is -0.564. The van der Waals surface area contributed by atoms with Crippen LogP contribution in [-0.2, 0) is 29.6 Å². The fourth-order valence-corrected chi connectivity index (χ4v) is 5.02. The van der Waals surface area contributed by atoms with Crippen LogP contribution in [-0.4, -0.2) is 26.2 Å². The first kappa shape index (κ1) is 15.7. The van der Waals surface area contributed by atoms with E-state index in [1.165, 1.54) is 0 Å². The van der Waals surface area contributed by atoms with Crippen LogP contribution in [0.5, 0.6) is 0 Å². The van der Waals surface area contributed by atoms with Crippen LogP contribution in [0.1, 0.15) is 26.7 Å². The molecule has 0 spiro atoms. The summed E-state index contributed by atoms with van der Waals surface area (Å²) in [6, 6.07) is 0. The van der Waals surface area contributed by atoms with Crippen molar-refractivity contribution in [2.75, 3.05) is 11.5 Å². The average molecular weight is 266 g/mol. The molecule has 0 radical (unpaired) electrons. The molecule has 72 valence electrons. The molecule has 0 amide bonds. The maximum absolute atomic E-state index is 8.97. The zero-order valence-corrected chi connectivity index (χ0v) is 12.4. The van der Waals surface area contributed by atoms with Crippen LogP contribution in [0.25, 0.3) is 0 Å². The summed E-state index contributed by atoms with van der Waals surface area (Å²) < 4.78 is 0. The summed E-state index contributed by atoms with van der Waals surface area (Å²) in [5.74, 6) is 1.45. The number of hydrogen-bond donors (Lipinski definition) is 3. The van der Waals surface area contributed by atoms with Crippen LogP contribution < -0.4 is 0 Å². The average Bonchev–Trinajstić information content (AvgIpc) is 1.85. The molecule has 0 rings (SSSR count). The van der Waals surface area contributed by atoms with E-state index in [0.717, 1.165) is 24.3 Å². The second kappa shape index (κ2) is 7.67. The molecule has 0 unspecified atom stereocenters. The van der Waals surface area contributed by atoms with Crippen molar-refractivity contribution in [3.8, 4) is 0 Å². The van der Waals surface area contributed by atoms with Gasteiger partial charge in [0.1, 0.15) is 0 Å². The summed E-state index contributed by atoms with van der Waals surface area (Å²) in [6.45, 7) is 0.424. The van der Waals surface area contributed by atoms with Gasteiger partial charge in [-0.05, 0) is 24.3 Å². The van der Waals surface area contributed by atoms with Crippen LogP contribution in [0, 0.1) is 0 Å². The van der Waals surface area contributed by atoms with Crippen LogP contribution in [0.4, 0.5) is 0 Å². The molecular weight excluding hydrogens is 248 g/mol. The van der Waals surface area contributed by atoms with E-state index in [4.69, 9.17) is 14.7 Å². The zero-order valence-electron chi connectivity index (χ0n) is 7.73. The van der Waals surface area contributed by atoms with Gasteiger partial charge in [-0.25, -0.2) is 0 Å². The Kier molecular flexibility index (Phi) is 10.1. The van der Waals surface area contributed by atoms with Gasteiger partial charge in [0, 0.05) is 19.5 Å².